The fourth-order valence-electron chi connectivity index (χ4n) is 1.16. The normalized spacial score (nSPS) is 9.00. The van der Waals surface area contributed by atoms with Gasteiger partial charge >= 0.3 is 0 Å². The van der Waals surface area contributed by atoms with Gasteiger partial charge in [0.15, 0.2) is 0 Å². The summed E-state index contributed by atoms with van der Waals surface area (Å²) < 4.78 is 0. The van der Waals surface area contributed by atoms with E-state index in [-0.39, 0.29) is 0 Å². The van der Waals surface area contributed by atoms with Crippen LogP contribution in [-0.4, -0.2) is 10.2 Å². The van der Waals surface area contributed by atoms with Crippen LogP contribution in [0.1, 0.15) is 19.5 Å². The lowest BCUT2D eigenvalue weighted by molar-refractivity contribution is 0.987. The number of aromatic nitrogens is 2. The van der Waals surface area contributed by atoms with E-state index in [1.807, 2.05) is 63.2 Å². The molecule has 2 aromatic rings. The molecule has 0 saturated heterocycles. The van der Waals surface area contributed by atoms with Gasteiger partial charge < -0.3 is 0 Å². The van der Waals surface area contributed by atoms with Gasteiger partial charge in [0.1, 0.15) is 0 Å². The van der Waals surface area contributed by atoms with Crippen molar-refractivity contribution in [2.45, 2.75) is 20.8 Å². The Kier molecular flexibility index (Phi) is 4.48. The highest BCUT2D eigenvalue weighted by atomic mass is 15.1. The highest BCUT2D eigenvalue weighted by Crippen LogP contribution is 2.14. The number of hydrogen-bond acceptors (Lipinski definition) is 2. The summed E-state index contributed by atoms with van der Waals surface area (Å²) in [7, 11) is 0. The van der Waals surface area contributed by atoms with Gasteiger partial charge in [-0.1, -0.05) is 44.2 Å². The maximum Gasteiger partial charge on any atom is 0.0929 e. The molecule has 0 spiro atoms. The van der Waals surface area contributed by atoms with Gasteiger partial charge in [-0.05, 0) is 19.1 Å². The third-order valence-electron chi connectivity index (χ3n) is 1.87. The van der Waals surface area contributed by atoms with Gasteiger partial charge in [-0.3, -0.25) is 0 Å². The first-order valence-corrected chi connectivity index (χ1v) is 5.22. The first-order valence-electron chi connectivity index (χ1n) is 5.22. The number of hydrogen-bond donors (Lipinski definition) is 0. The zero-order valence-corrected chi connectivity index (χ0v) is 9.44. The van der Waals surface area contributed by atoms with Crippen molar-refractivity contribution in [3.8, 4) is 11.3 Å². The van der Waals surface area contributed by atoms with Crippen molar-refractivity contribution in [1.29, 1.82) is 0 Å². The molecule has 0 radical (unpaired) electrons. The maximum absolute atomic E-state index is 4.10. The zero-order valence-electron chi connectivity index (χ0n) is 9.44. The van der Waals surface area contributed by atoms with Crippen LogP contribution in [0.15, 0.2) is 42.5 Å². The zero-order chi connectivity index (χ0) is 11.1. The SMILES string of the molecule is CC.Cc1ccc(-c2ccccc2)nn1. The molecule has 78 valence electrons. The molecule has 0 unspecified atom stereocenters. The van der Waals surface area contributed by atoms with Crippen LogP contribution in [0.2, 0.25) is 0 Å². The molecule has 0 atom stereocenters. The lowest BCUT2D eigenvalue weighted by Gasteiger charge is -1.98. The Morgan fingerprint density at radius 2 is 1.47 bits per heavy atom. The summed E-state index contributed by atoms with van der Waals surface area (Å²) in [5, 5.41) is 8.10. The Balaban J connectivity index is 0.000000531. The number of aryl methyl sites for hydroxylation is 1. The standard InChI is InChI=1S/C11H10N2.C2H6/c1-9-7-8-11(13-12-9)10-5-3-2-4-6-10;1-2/h2-8H,1H3;1-2H3. The van der Waals surface area contributed by atoms with Gasteiger partial charge in [0, 0.05) is 5.56 Å². The Hall–Kier alpha value is -1.70. The Morgan fingerprint density at radius 3 is 2.00 bits per heavy atom. The van der Waals surface area contributed by atoms with E-state index < -0.39 is 0 Å². The summed E-state index contributed by atoms with van der Waals surface area (Å²) in [6, 6.07) is 14.0. The Bertz CT molecular complexity index is 379. The van der Waals surface area contributed by atoms with E-state index >= 15 is 0 Å². The van der Waals surface area contributed by atoms with Crippen LogP contribution in [0.5, 0.6) is 0 Å². The molecule has 0 aliphatic heterocycles. The van der Waals surface area contributed by atoms with Crippen molar-refractivity contribution in [2.75, 3.05) is 0 Å². The molecule has 1 heterocycles. The minimum Gasteiger partial charge on any atom is -0.155 e. The van der Waals surface area contributed by atoms with Crippen LogP contribution in [0, 0.1) is 6.92 Å². The molecule has 0 bridgehead atoms. The molecular weight excluding hydrogens is 184 g/mol. The van der Waals surface area contributed by atoms with E-state index in [1.165, 1.54) is 0 Å². The van der Waals surface area contributed by atoms with Crippen molar-refractivity contribution in [1.82, 2.24) is 10.2 Å². The van der Waals surface area contributed by atoms with E-state index in [9.17, 15) is 0 Å². The van der Waals surface area contributed by atoms with Crippen molar-refractivity contribution in [3.05, 3.63) is 48.2 Å². The van der Waals surface area contributed by atoms with Gasteiger partial charge in [-0.15, -0.1) is 0 Å². The molecule has 0 aliphatic rings. The van der Waals surface area contributed by atoms with Crippen molar-refractivity contribution >= 4 is 0 Å². The number of rotatable bonds is 1. The molecule has 0 amide bonds. The fraction of sp³-hybridized carbons (Fsp3) is 0.231. The van der Waals surface area contributed by atoms with Crippen LogP contribution < -0.4 is 0 Å². The largest absolute Gasteiger partial charge is 0.155 e. The average molecular weight is 200 g/mol. The van der Waals surface area contributed by atoms with Gasteiger partial charge in [0.25, 0.3) is 0 Å². The summed E-state index contributed by atoms with van der Waals surface area (Å²) in [5.41, 5.74) is 2.97. The van der Waals surface area contributed by atoms with Crippen molar-refractivity contribution < 1.29 is 0 Å². The second-order valence-corrected chi connectivity index (χ2v) is 2.93. The highest BCUT2D eigenvalue weighted by molar-refractivity contribution is 5.57. The van der Waals surface area contributed by atoms with E-state index in [0.29, 0.717) is 0 Å². The molecule has 0 aliphatic carbocycles. The first kappa shape index (κ1) is 11.4. The Labute approximate surface area is 91.0 Å². The van der Waals surface area contributed by atoms with Crippen LogP contribution in [0.3, 0.4) is 0 Å². The summed E-state index contributed by atoms with van der Waals surface area (Å²) in [6.45, 7) is 5.93. The van der Waals surface area contributed by atoms with Gasteiger partial charge in [0.2, 0.25) is 0 Å². The molecule has 1 aromatic heterocycles. The summed E-state index contributed by atoms with van der Waals surface area (Å²) in [5.74, 6) is 0. The Morgan fingerprint density at radius 1 is 0.800 bits per heavy atom. The first-order chi connectivity index (χ1) is 7.36. The number of nitrogens with zero attached hydrogens (tertiary/aromatic N) is 2. The van der Waals surface area contributed by atoms with Gasteiger partial charge in [-0.2, -0.15) is 10.2 Å². The van der Waals surface area contributed by atoms with Crippen LogP contribution in [-0.2, 0) is 0 Å². The van der Waals surface area contributed by atoms with Gasteiger partial charge in [0.05, 0.1) is 11.4 Å². The molecule has 0 fully saturated rings. The predicted octanol–water partition coefficient (Wildman–Crippen LogP) is 3.48. The minimum atomic E-state index is 0.922. The highest BCUT2D eigenvalue weighted by Gasteiger charge is 1.96. The van der Waals surface area contributed by atoms with E-state index in [1.54, 1.807) is 0 Å². The van der Waals surface area contributed by atoms with Crippen LogP contribution in [0.4, 0.5) is 0 Å². The fourth-order valence-corrected chi connectivity index (χ4v) is 1.16. The summed E-state index contributed by atoms with van der Waals surface area (Å²) in [6.07, 6.45) is 0. The third kappa shape index (κ3) is 3.17. The summed E-state index contributed by atoms with van der Waals surface area (Å²) >= 11 is 0. The summed E-state index contributed by atoms with van der Waals surface area (Å²) in [4.78, 5) is 0. The second-order valence-electron chi connectivity index (χ2n) is 2.93. The van der Waals surface area contributed by atoms with Crippen molar-refractivity contribution in [2.24, 2.45) is 0 Å². The molecule has 2 heteroatoms. The number of benzene rings is 1. The lowest BCUT2D eigenvalue weighted by atomic mass is 10.1. The molecule has 0 N–H and O–H groups in total. The molecular formula is C13H16N2. The smallest absolute Gasteiger partial charge is 0.0929 e. The maximum atomic E-state index is 4.10. The molecule has 1 aromatic carbocycles. The van der Waals surface area contributed by atoms with E-state index in [4.69, 9.17) is 0 Å². The third-order valence-corrected chi connectivity index (χ3v) is 1.87. The van der Waals surface area contributed by atoms with Crippen molar-refractivity contribution in [3.63, 3.8) is 0 Å². The monoisotopic (exact) mass is 200 g/mol. The van der Waals surface area contributed by atoms with E-state index in [2.05, 4.69) is 10.2 Å². The average Bonchev–Trinajstić information content (AvgIpc) is 2.34. The second kappa shape index (κ2) is 5.91. The molecule has 15 heavy (non-hydrogen) atoms. The lowest BCUT2D eigenvalue weighted by Crippen LogP contribution is -1.88. The van der Waals surface area contributed by atoms with Crippen LogP contribution in [0.25, 0.3) is 11.3 Å². The van der Waals surface area contributed by atoms with Crippen LogP contribution >= 0.6 is 0 Å². The predicted molar refractivity (Wildman–Crippen MR) is 63.6 cm³/mol. The quantitative estimate of drug-likeness (QED) is 0.704. The molecule has 2 rings (SSSR count). The van der Waals surface area contributed by atoms with E-state index in [0.717, 1.165) is 17.0 Å². The van der Waals surface area contributed by atoms with Gasteiger partial charge in [-0.25, -0.2) is 0 Å². The topological polar surface area (TPSA) is 25.8 Å². The molecule has 0 saturated carbocycles. The minimum absolute atomic E-state index is 0.922. The molecule has 2 nitrogen and oxygen atoms in total.